The predicted octanol–water partition coefficient (Wildman–Crippen LogP) is 3.27. The van der Waals surface area contributed by atoms with Crippen LogP contribution in [0.2, 0.25) is 0 Å². The summed E-state index contributed by atoms with van der Waals surface area (Å²) in [5, 5.41) is 4.09. The zero-order valence-electron chi connectivity index (χ0n) is 15.6. The molecule has 0 spiro atoms. The van der Waals surface area contributed by atoms with Gasteiger partial charge < -0.3 is 25.3 Å². The number of primary amides is 1. The lowest BCUT2D eigenvalue weighted by Gasteiger charge is -2.22. The highest BCUT2D eigenvalue weighted by molar-refractivity contribution is 7.23. The minimum atomic E-state index is -0.549. The molecule has 150 valence electrons. The topological polar surface area (TPSA) is 99.9 Å². The SMILES string of the molecule is NC(=O)c1c(NC(=O)C2CC2)sc2cc(OCCOC3CCCCO3)ccc12. The Hall–Kier alpha value is -2.16. The van der Waals surface area contributed by atoms with Crippen molar-refractivity contribution in [1.29, 1.82) is 0 Å². The van der Waals surface area contributed by atoms with E-state index in [1.54, 1.807) is 12.1 Å². The van der Waals surface area contributed by atoms with Crippen LogP contribution >= 0.6 is 11.3 Å². The van der Waals surface area contributed by atoms with Crippen molar-refractivity contribution >= 4 is 38.2 Å². The van der Waals surface area contributed by atoms with Crippen molar-refractivity contribution in [2.45, 2.75) is 38.4 Å². The lowest BCUT2D eigenvalue weighted by Crippen LogP contribution is -2.24. The number of rotatable bonds is 8. The van der Waals surface area contributed by atoms with E-state index in [9.17, 15) is 9.59 Å². The number of hydrogen-bond acceptors (Lipinski definition) is 6. The highest BCUT2D eigenvalue weighted by Gasteiger charge is 2.31. The predicted molar refractivity (Wildman–Crippen MR) is 107 cm³/mol. The maximum Gasteiger partial charge on any atom is 0.252 e. The van der Waals surface area contributed by atoms with Crippen LogP contribution in [-0.2, 0) is 14.3 Å². The number of nitrogens with two attached hydrogens (primary N) is 1. The third-order valence-corrected chi connectivity index (χ3v) is 5.95. The van der Waals surface area contributed by atoms with Gasteiger partial charge in [0.15, 0.2) is 6.29 Å². The normalized spacial score (nSPS) is 19.5. The molecule has 1 atom stereocenters. The second kappa shape index (κ2) is 8.46. The third-order valence-electron chi connectivity index (χ3n) is 4.89. The number of hydrogen-bond donors (Lipinski definition) is 2. The van der Waals surface area contributed by atoms with Crippen LogP contribution in [0.1, 0.15) is 42.5 Å². The summed E-state index contributed by atoms with van der Waals surface area (Å²) in [6, 6.07) is 5.46. The first-order valence-electron chi connectivity index (χ1n) is 9.65. The fourth-order valence-corrected chi connectivity index (χ4v) is 4.38. The molecule has 2 amide bonds. The molecule has 2 aromatic rings. The maximum absolute atomic E-state index is 12.1. The van der Waals surface area contributed by atoms with Gasteiger partial charge in [0.05, 0.1) is 12.2 Å². The maximum atomic E-state index is 12.1. The van der Waals surface area contributed by atoms with E-state index >= 15 is 0 Å². The molecule has 0 bridgehead atoms. The molecule has 4 rings (SSSR count). The Morgan fingerprint density at radius 1 is 1.21 bits per heavy atom. The molecule has 7 nitrogen and oxygen atoms in total. The Balaban J connectivity index is 1.41. The van der Waals surface area contributed by atoms with Crippen molar-refractivity contribution < 1.29 is 23.8 Å². The van der Waals surface area contributed by atoms with E-state index < -0.39 is 5.91 Å². The zero-order valence-corrected chi connectivity index (χ0v) is 16.4. The molecule has 1 aliphatic heterocycles. The highest BCUT2D eigenvalue weighted by Crippen LogP contribution is 2.39. The number of amides is 2. The quantitative estimate of drug-likeness (QED) is 0.658. The van der Waals surface area contributed by atoms with Gasteiger partial charge in [-0.25, -0.2) is 0 Å². The first kappa shape index (κ1) is 19.2. The van der Waals surface area contributed by atoms with Crippen LogP contribution in [0.3, 0.4) is 0 Å². The smallest absolute Gasteiger partial charge is 0.252 e. The Bertz CT molecular complexity index is 871. The van der Waals surface area contributed by atoms with Gasteiger partial charge in [-0.05, 0) is 50.3 Å². The Morgan fingerprint density at radius 3 is 2.79 bits per heavy atom. The van der Waals surface area contributed by atoms with Gasteiger partial charge in [0.2, 0.25) is 5.91 Å². The van der Waals surface area contributed by atoms with Crippen LogP contribution in [0.15, 0.2) is 18.2 Å². The van der Waals surface area contributed by atoms with Gasteiger partial charge in [-0.15, -0.1) is 11.3 Å². The highest BCUT2D eigenvalue weighted by atomic mass is 32.1. The van der Waals surface area contributed by atoms with Crippen molar-refractivity contribution in [1.82, 2.24) is 0 Å². The third kappa shape index (κ3) is 4.45. The number of carbonyl (C=O) groups excluding carboxylic acids is 2. The lowest BCUT2D eigenvalue weighted by molar-refractivity contribution is -0.165. The molecule has 1 aliphatic carbocycles. The van der Waals surface area contributed by atoms with Gasteiger partial charge in [-0.2, -0.15) is 0 Å². The number of anilines is 1. The van der Waals surface area contributed by atoms with Crippen molar-refractivity contribution in [3.63, 3.8) is 0 Å². The molecule has 1 unspecified atom stereocenters. The van der Waals surface area contributed by atoms with Crippen LogP contribution in [0.5, 0.6) is 5.75 Å². The first-order chi connectivity index (χ1) is 13.6. The van der Waals surface area contributed by atoms with Gasteiger partial charge >= 0.3 is 0 Å². The number of thiophene rings is 1. The second-order valence-corrected chi connectivity index (χ2v) is 8.16. The molecule has 2 fully saturated rings. The average molecular weight is 404 g/mol. The Labute approximate surface area is 167 Å². The summed E-state index contributed by atoms with van der Waals surface area (Å²) < 4.78 is 17.8. The molecular weight excluding hydrogens is 380 g/mol. The largest absolute Gasteiger partial charge is 0.491 e. The summed E-state index contributed by atoms with van der Waals surface area (Å²) in [4.78, 5) is 24.0. The molecule has 1 saturated heterocycles. The van der Waals surface area contributed by atoms with E-state index in [1.807, 2.05) is 6.07 Å². The van der Waals surface area contributed by atoms with Crippen LogP contribution in [0, 0.1) is 5.92 Å². The monoisotopic (exact) mass is 404 g/mol. The molecule has 1 saturated carbocycles. The summed E-state index contributed by atoms with van der Waals surface area (Å²) in [6.45, 7) is 1.61. The van der Waals surface area contributed by atoms with Crippen LogP contribution in [-0.4, -0.2) is 37.9 Å². The van der Waals surface area contributed by atoms with Crippen molar-refractivity contribution in [2.24, 2.45) is 11.7 Å². The molecular formula is C20H24N2O5S. The van der Waals surface area contributed by atoms with Gasteiger partial charge in [0, 0.05) is 22.6 Å². The average Bonchev–Trinajstić information content (AvgIpc) is 3.47. The second-order valence-electron chi connectivity index (χ2n) is 7.11. The van der Waals surface area contributed by atoms with E-state index in [4.69, 9.17) is 19.9 Å². The van der Waals surface area contributed by atoms with E-state index in [0.29, 0.717) is 29.5 Å². The number of benzene rings is 1. The van der Waals surface area contributed by atoms with Gasteiger partial charge in [-0.1, -0.05) is 0 Å². The molecule has 1 aromatic carbocycles. The summed E-state index contributed by atoms with van der Waals surface area (Å²) in [5.74, 6) is 0.135. The summed E-state index contributed by atoms with van der Waals surface area (Å²) in [6.07, 6.45) is 4.80. The summed E-state index contributed by atoms with van der Waals surface area (Å²) in [5.41, 5.74) is 5.92. The lowest BCUT2D eigenvalue weighted by atomic mass is 10.1. The van der Waals surface area contributed by atoms with Crippen LogP contribution < -0.4 is 15.8 Å². The van der Waals surface area contributed by atoms with Crippen molar-refractivity contribution in [2.75, 3.05) is 25.1 Å². The van der Waals surface area contributed by atoms with E-state index in [0.717, 1.165) is 48.8 Å². The van der Waals surface area contributed by atoms with Crippen molar-refractivity contribution in [3.8, 4) is 5.75 Å². The van der Waals surface area contributed by atoms with Gasteiger partial charge in [0.25, 0.3) is 5.91 Å². The van der Waals surface area contributed by atoms with Crippen LogP contribution in [0.25, 0.3) is 10.1 Å². The standard InChI is InChI=1S/C20H24N2O5S/c21-18(23)17-14-7-6-13(25-9-10-27-16-3-1-2-8-26-16)11-15(14)28-20(17)22-19(24)12-4-5-12/h6-7,11-12,16H,1-5,8-10H2,(H2,21,23)(H,22,24). The number of ether oxygens (including phenoxy) is 3. The summed E-state index contributed by atoms with van der Waals surface area (Å²) >= 11 is 1.34. The van der Waals surface area contributed by atoms with Gasteiger partial charge in [0.1, 0.15) is 17.4 Å². The summed E-state index contributed by atoms with van der Waals surface area (Å²) in [7, 11) is 0. The molecule has 0 radical (unpaired) electrons. The Kier molecular flexibility index (Phi) is 5.79. The first-order valence-corrected chi connectivity index (χ1v) is 10.5. The molecule has 8 heteroatoms. The van der Waals surface area contributed by atoms with Gasteiger partial charge in [-0.3, -0.25) is 9.59 Å². The van der Waals surface area contributed by atoms with E-state index in [2.05, 4.69) is 5.32 Å². The molecule has 2 heterocycles. The fraction of sp³-hybridized carbons (Fsp3) is 0.500. The fourth-order valence-electron chi connectivity index (χ4n) is 3.24. The minimum absolute atomic E-state index is 0.0485. The molecule has 3 N–H and O–H groups in total. The molecule has 1 aromatic heterocycles. The molecule has 2 aliphatic rings. The Morgan fingerprint density at radius 2 is 2.07 bits per heavy atom. The zero-order chi connectivity index (χ0) is 19.5. The van der Waals surface area contributed by atoms with Crippen molar-refractivity contribution in [3.05, 3.63) is 23.8 Å². The van der Waals surface area contributed by atoms with E-state index in [1.165, 1.54) is 11.3 Å². The van der Waals surface area contributed by atoms with Crippen LogP contribution in [0.4, 0.5) is 5.00 Å². The minimum Gasteiger partial charge on any atom is -0.491 e. The number of carbonyl (C=O) groups is 2. The number of fused-ring (bicyclic) bond motifs is 1. The molecule has 28 heavy (non-hydrogen) atoms. The van der Waals surface area contributed by atoms with E-state index in [-0.39, 0.29) is 18.1 Å². The number of nitrogens with one attached hydrogen (secondary N) is 1.